The van der Waals surface area contributed by atoms with Gasteiger partial charge in [-0.25, -0.2) is 8.42 Å². The molecule has 1 aliphatic rings. The van der Waals surface area contributed by atoms with Gasteiger partial charge < -0.3 is 5.32 Å². The van der Waals surface area contributed by atoms with Crippen LogP contribution in [0.25, 0.3) is 0 Å². The lowest BCUT2D eigenvalue weighted by molar-refractivity contribution is 0.102. The summed E-state index contributed by atoms with van der Waals surface area (Å²) in [6.45, 7) is 2.99. The van der Waals surface area contributed by atoms with Crippen molar-refractivity contribution in [2.75, 3.05) is 18.4 Å². The highest BCUT2D eigenvalue weighted by Crippen LogP contribution is 2.22. The van der Waals surface area contributed by atoms with Crippen molar-refractivity contribution in [3.05, 3.63) is 53.9 Å². The molecule has 1 amide bonds. The molecule has 0 radical (unpaired) electrons. The maximum Gasteiger partial charge on any atom is 0.257 e. The number of aryl methyl sites for hydroxylation is 1. The number of hydrogen-bond donors (Lipinski definition) is 1. The van der Waals surface area contributed by atoms with Gasteiger partial charge in [0.1, 0.15) is 0 Å². The van der Waals surface area contributed by atoms with E-state index in [2.05, 4.69) is 10.3 Å². The van der Waals surface area contributed by atoms with Gasteiger partial charge in [-0.05, 0) is 56.2 Å². The summed E-state index contributed by atoms with van der Waals surface area (Å²) < 4.78 is 27.1. The van der Waals surface area contributed by atoms with Crippen LogP contribution in [0.5, 0.6) is 0 Å². The highest BCUT2D eigenvalue weighted by atomic mass is 32.2. The fraction of sp³-hybridized carbons (Fsp3) is 0.368. The fourth-order valence-corrected chi connectivity index (χ4v) is 4.46. The van der Waals surface area contributed by atoms with Crippen LogP contribution in [-0.4, -0.2) is 36.7 Å². The van der Waals surface area contributed by atoms with Crippen LogP contribution in [0.15, 0.2) is 47.5 Å². The number of hydrogen-bond acceptors (Lipinski definition) is 4. The Kier molecular flexibility index (Phi) is 5.68. The van der Waals surface area contributed by atoms with Crippen molar-refractivity contribution in [2.45, 2.75) is 37.5 Å². The number of pyridine rings is 1. The van der Waals surface area contributed by atoms with E-state index in [0.717, 1.165) is 31.4 Å². The molecule has 1 aliphatic heterocycles. The number of anilines is 1. The maximum atomic E-state index is 12.8. The zero-order valence-corrected chi connectivity index (χ0v) is 15.6. The summed E-state index contributed by atoms with van der Waals surface area (Å²) >= 11 is 0. The van der Waals surface area contributed by atoms with Gasteiger partial charge in [0, 0.05) is 30.7 Å². The van der Waals surface area contributed by atoms with Crippen molar-refractivity contribution in [3.63, 3.8) is 0 Å². The van der Waals surface area contributed by atoms with Crippen LogP contribution >= 0.6 is 0 Å². The fourth-order valence-electron chi connectivity index (χ4n) is 2.95. The first-order valence-corrected chi connectivity index (χ1v) is 10.2. The molecule has 7 heteroatoms. The molecule has 0 unspecified atom stereocenters. The maximum absolute atomic E-state index is 12.8. The van der Waals surface area contributed by atoms with Crippen LogP contribution < -0.4 is 5.32 Å². The molecule has 0 aliphatic carbocycles. The van der Waals surface area contributed by atoms with Crippen LogP contribution in [-0.2, 0) is 10.0 Å². The third-order valence-electron chi connectivity index (χ3n) is 4.49. The minimum atomic E-state index is -3.48. The Hall–Kier alpha value is -2.25. The molecule has 0 saturated carbocycles. The van der Waals surface area contributed by atoms with E-state index < -0.39 is 10.0 Å². The van der Waals surface area contributed by atoms with E-state index in [0.29, 0.717) is 24.3 Å². The molecular formula is C19H23N3O3S. The zero-order chi connectivity index (χ0) is 18.6. The van der Waals surface area contributed by atoms with Gasteiger partial charge in [0.2, 0.25) is 10.0 Å². The van der Waals surface area contributed by atoms with Crippen LogP contribution in [0.4, 0.5) is 5.69 Å². The number of rotatable bonds is 4. The van der Waals surface area contributed by atoms with Crippen LogP contribution in [0.2, 0.25) is 0 Å². The molecule has 2 aromatic rings. The molecule has 138 valence electrons. The average molecular weight is 373 g/mol. The van der Waals surface area contributed by atoms with E-state index in [9.17, 15) is 13.2 Å². The Morgan fingerprint density at radius 1 is 1.00 bits per heavy atom. The third-order valence-corrected chi connectivity index (χ3v) is 6.40. The van der Waals surface area contributed by atoms with E-state index in [1.54, 1.807) is 40.7 Å². The van der Waals surface area contributed by atoms with Crippen molar-refractivity contribution < 1.29 is 13.2 Å². The lowest BCUT2D eigenvalue weighted by atomic mass is 10.2. The van der Waals surface area contributed by atoms with Gasteiger partial charge in [-0.1, -0.05) is 12.8 Å². The predicted molar refractivity (Wildman–Crippen MR) is 101 cm³/mol. The Labute approximate surface area is 154 Å². The van der Waals surface area contributed by atoms with Crippen molar-refractivity contribution in [3.8, 4) is 0 Å². The number of nitrogens with one attached hydrogen (secondary N) is 1. The Bertz CT molecular complexity index is 854. The lowest BCUT2D eigenvalue weighted by Crippen LogP contribution is -2.31. The van der Waals surface area contributed by atoms with E-state index >= 15 is 0 Å². The second kappa shape index (κ2) is 7.97. The molecule has 6 nitrogen and oxygen atoms in total. The number of amides is 1. The molecule has 1 N–H and O–H groups in total. The highest BCUT2D eigenvalue weighted by Gasteiger charge is 2.24. The largest absolute Gasteiger partial charge is 0.322 e. The minimum absolute atomic E-state index is 0.259. The molecule has 3 rings (SSSR count). The van der Waals surface area contributed by atoms with Crippen LogP contribution in [0.3, 0.4) is 0 Å². The Morgan fingerprint density at radius 3 is 2.23 bits per heavy atom. The van der Waals surface area contributed by atoms with E-state index in [-0.39, 0.29) is 10.8 Å². The molecule has 1 fully saturated rings. The summed E-state index contributed by atoms with van der Waals surface area (Å²) in [6, 6.07) is 9.79. The summed E-state index contributed by atoms with van der Waals surface area (Å²) in [7, 11) is -3.48. The van der Waals surface area contributed by atoms with Crippen molar-refractivity contribution in [2.24, 2.45) is 0 Å². The minimum Gasteiger partial charge on any atom is -0.322 e. The van der Waals surface area contributed by atoms with Crippen molar-refractivity contribution in [1.29, 1.82) is 0 Å². The van der Waals surface area contributed by atoms with Gasteiger partial charge in [0.15, 0.2) is 0 Å². The first-order chi connectivity index (χ1) is 12.5. The third kappa shape index (κ3) is 4.28. The number of carbonyl (C=O) groups is 1. The second-order valence-electron chi connectivity index (χ2n) is 6.49. The second-order valence-corrected chi connectivity index (χ2v) is 8.42. The SMILES string of the molecule is Cc1ccc(C(=O)Nc2ccc(S(=O)(=O)N3CCCCCC3)cc2)cn1. The zero-order valence-electron chi connectivity index (χ0n) is 14.8. The summed E-state index contributed by atoms with van der Waals surface area (Å²) in [6.07, 6.45) is 5.47. The normalized spacial score (nSPS) is 16.0. The topological polar surface area (TPSA) is 79.4 Å². The number of benzene rings is 1. The van der Waals surface area contributed by atoms with Gasteiger partial charge in [0.05, 0.1) is 10.5 Å². The number of carbonyl (C=O) groups excluding carboxylic acids is 1. The standard InChI is InChI=1S/C19H23N3O3S/c1-15-6-7-16(14-20-15)19(23)21-17-8-10-18(11-9-17)26(24,25)22-12-4-2-3-5-13-22/h6-11,14H,2-5,12-13H2,1H3,(H,21,23). The molecule has 26 heavy (non-hydrogen) atoms. The summed E-state index contributed by atoms with van der Waals surface area (Å²) in [4.78, 5) is 16.6. The van der Waals surface area contributed by atoms with Gasteiger partial charge in [-0.15, -0.1) is 0 Å². The number of sulfonamides is 1. The van der Waals surface area contributed by atoms with Crippen LogP contribution in [0, 0.1) is 6.92 Å². The van der Waals surface area contributed by atoms with Gasteiger partial charge in [-0.2, -0.15) is 4.31 Å². The van der Waals surface area contributed by atoms with Crippen molar-refractivity contribution >= 4 is 21.6 Å². The smallest absolute Gasteiger partial charge is 0.257 e. The molecule has 1 aromatic heterocycles. The molecule has 0 bridgehead atoms. The van der Waals surface area contributed by atoms with E-state index in [1.165, 1.54) is 6.20 Å². The van der Waals surface area contributed by atoms with Gasteiger partial charge in [0.25, 0.3) is 5.91 Å². The molecule has 2 heterocycles. The molecule has 0 spiro atoms. The van der Waals surface area contributed by atoms with E-state index in [1.807, 2.05) is 6.92 Å². The summed E-state index contributed by atoms with van der Waals surface area (Å²) in [5, 5.41) is 2.76. The monoisotopic (exact) mass is 373 g/mol. The molecular weight excluding hydrogens is 350 g/mol. The van der Waals surface area contributed by atoms with Gasteiger partial charge >= 0.3 is 0 Å². The summed E-state index contributed by atoms with van der Waals surface area (Å²) in [5.74, 6) is -0.277. The number of aromatic nitrogens is 1. The first kappa shape index (κ1) is 18.5. The van der Waals surface area contributed by atoms with Crippen LogP contribution in [0.1, 0.15) is 41.7 Å². The van der Waals surface area contributed by atoms with Crippen molar-refractivity contribution in [1.82, 2.24) is 9.29 Å². The predicted octanol–water partition coefficient (Wildman–Crippen LogP) is 3.21. The highest BCUT2D eigenvalue weighted by molar-refractivity contribution is 7.89. The van der Waals surface area contributed by atoms with Gasteiger partial charge in [-0.3, -0.25) is 9.78 Å². The lowest BCUT2D eigenvalue weighted by Gasteiger charge is -2.20. The number of nitrogens with zero attached hydrogens (tertiary/aromatic N) is 2. The first-order valence-electron chi connectivity index (χ1n) is 8.81. The average Bonchev–Trinajstić information content (AvgIpc) is 2.93. The van der Waals surface area contributed by atoms with E-state index in [4.69, 9.17) is 0 Å². The molecule has 0 atom stereocenters. The summed E-state index contributed by atoms with van der Waals surface area (Å²) in [5.41, 5.74) is 1.84. The Balaban J connectivity index is 1.71. The Morgan fingerprint density at radius 2 is 1.65 bits per heavy atom. The molecule has 1 saturated heterocycles. The quantitative estimate of drug-likeness (QED) is 0.892. The molecule has 1 aromatic carbocycles.